The molecule has 0 aliphatic rings. The quantitative estimate of drug-likeness (QED) is 0.499. The average molecular weight is 466 g/mol. The zero-order valence-corrected chi connectivity index (χ0v) is 17.0. The summed E-state index contributed by atoms with van der Waals surface area (Å²) in [5, 5.41) is 2.72. The van der Waals surface area contributed by atoms with Crippen LogP contribution in [0.5, 0.6) is 0 Å². The molecule has 9 heteroatoms. The van der Waals surface area contributed by atoms with Crippen LogP contribution in [0, 0.1) is 5.82 Å². The molecule has 0 fully saturated rings. The second-order valence-electron chi connectivity index (χ2n) is 6.02. The molecule has 1 aromatic heterocycles. The normalized spacial score (nSPS) is 11.4. The first-order valence-electron chi connectivity index (χ1n) is 8.29. The monoisotopic (exact) mass is 465 g/mol. The van der Waals surface area contributed by atoms with Crippen LogP contribution >= 0.6 is 15.9 Å². The molecule has 0 atom stereocenters. The fourth-order valence-corrected chi connectivity index (χ4v) is 3.94. The standard InChI is InChI=1S/C19H17BrFN3O3S/c20-15-9-18(22-12-15)19(25)23-10-14-4-2-6-17(8-14)28(26,27)24-11-13-3-1-5-16(21)7-13/h1-9,12,22,24H,10-11H2,(H,23,25). The molecular formula is C19H17BrFN3O3S. The van der Waals surface area contributed by atoms with Crippen LogP contribution < -0.4 is 10.0 Å². The Hall–Kier alpha value is -2.49. The van der Waals surface area contributed by atoms with Gasteiger partial charge in [-0.05, 0) is 57.4 Å². The van der Waals surface area contributed by atoms with Crippen LogP contribution in [0.15, 0.2) is 70.2 Å². The van der Waals surface area contributed by atoms with E-state index in [-0.39, 0.29) is 23.9 Å². The number of rotatable bonds is 7. The number of hydrogen-bond donors (Lipinski definition) is 3. The van der Waals surface area contributed by atoms with E-state index in [9.17, 15) is 17.6 Å². The maximum atomic E-state index is 13.2. The van der Waals surface area contributed by atoms with Crippen LogP contribution in [0.25, 0.3) is 0 Å². The molecule has 6 nitrogen and oxygen atoms in total. The highest BCUT2D eigenvalue weighted by atomic mass is 79.9. The van der Waals surface area contributed by atoms with E-state index in [1.165, 1.54) is 30.3 Å². The molecule has 2 aromatic carbocycles. The topological polar surface area (TPSA) is 91.1 Å². The number of hydrogen-bond acceptors (Lipinski definition) is 3. The highest BCUT2D eigenvalue weighted by Crippen LogP contribution is 2.14. The molecule has 0 spiro atoms. The first-order chi connectivity index (χ1) is 13.3. The third kappa shape index (κ3) is 5.28. The first kappa shape index (κ1) is 20.2. The molecule has 3 N–H and O–H groups in total. The van der Waals surface area contributed by atoms with Gasteiger partial charge in [0.15, 0.2) is 0 Å². The third-order valence-electron chi connectivity index (χ3n) is 3.91. The number of carbonyl (C=O) groups is 1. The fraction of sp³-hybridized carbons (Fsp3) is 0.105. The number of H-pyrrole nitrogens is 1. The summed E-state index contributed by atoms with van der Waals surface area (Å²) in [6.45, 7) is 0.144. The van der Waals surface area contributed by atoms with Crippen molar-refractivity contribution in [1.29, 1.82) is 0 Å². The molecule has 0 aliphatic heterocycles. The van der Waals surface area contributed by atoms with Gasteiger partial charge in [0.25, 0.3) is 5.91 Å². The predicted octanol–water partition coefficient (Wildman–Crippen LogP) is 3.32. The van der Waals surface area contributed by atoms with E-state index in [0.717, 1.165) is 4.47 Å². The van der Waals surface area contributed by atoms with Gasteiger partial charge in [-0.15, -0.1) is 0 Å². The molecular weight excluding hydrogens is 449 g/mol. The van der Waals surface area contributed by atoms with E-state index in [2.05, 4.69) is 31.0 Å². The van der Waals surface area contributed by atoms with E-state index in [1.54, 1.807) is 30.5 Å². The van der Waals surface area contributed by atoms with Gasteiger partial charge in [-0.3, -0.25) is 4.79 Å². The van der Waals surface area contributed by atoms with Crippen molar-refractivity contribution >= 4 is 31.9 Å². The number of benzene rings is 2. The Bertz CT molecular complexity index is 1100. The molecule has 28 heavy (non-hydrogen) atoms. The summed E-state index contributed by atoms with van der Waals surface area (Å²) >= 11 is 3.26. The van der Waals surface area contributed by atoms with Crippen LogP contribution in [-0.2, 0) is 23.1 Å². The third-order valence-corrected chi connectivity index (χ3v) is 5.77. The molecule has 0 unspecified atom stereocenters. The summed E-state index contributed by atoms with van der Waals surface area (Å²) in [7, 11) is -3.78. The zero-order chi connectivity index (χ0) is 20.1. The minimum absolute atomic E-state index is 0.0250. The Kier molecular flexibility index (Phi) is 6.28. The Morgan fingerprint density at radius 2 is 1.75 bits per heavy atom. The predicted molar refractivity (Wildman–Crippen MR) is 107 cm³/mol. The lowest BCUT2D eigenvalue weighted by Gasteiger charge is -2.09. The van der Waals surface area contributed by atoms with Gasteiger partial charge in [0.2, 0.25) is 10.0 Å². The van der Waals surface area contributed by atoms with Gasteiger partial charge in [-0.25, -0.2) is 17.5 Å². The first-order valence-corrected chi connectivity index (χ1v) is 10.6. The van der Waals surface area contributed by atoms with Gasteiger partial charge in [0, 0.05) is 23.8 Å². The van der Waals surface area contributed by atoms with Gasteiger partial charge in [0.05, 0.1) is 4.90 Å². The summed E-state index contributed by atoms with van der Waals surface area (Å²) in [4.78, 5) is 15.0. The van der Waals surface area contributed by atoms with Crippen molar-refractivity contribution in [2.75, 3.05) is 0 Å². The SMILES string of the molecule is O=C(NCc1cccc(S(=O)(=O)NCc2cccc(F)c2)c1)c1cc(Br)c[nH]1. The highest BCUT2D eigenvalue weighted by molar-refractivity contribution is 9.10. The molecule has 0 saturated carbocycles. The van der Waals surface area contributed by atoms with Crippen molar-refractivity contribution in [3.8, 4) is 0 Å². The Morgan fingerprint density at radius 3 is 2.43 bits per heavy atom. The highest BCUT2D eigenvalue weighted by Gasteiger charge is 2.15. The number of nitrogens with one attached hydrogen (secondary N) is 3. The Balaban J connectivity index is 1.65. The van der Waals surface area contributed by atoms with Crippen molar-refractivity contribution in [3.05, 3.63) is 87.9 Å². The van der Waals surface area contributed by atoms with Crippen LogP contribution in [-0.4, -0.2) is 19.3 Å². The second-order valence-corrected chi connectivity index (χ2v) is 8.70. The van der Waals surface area contributed by atoms with Crippen LogP contribution in [0.1, 0.15) is 21.6 Å². The van der Waals surface area contributed by atoms with E-state index >= 15 is 0 Å². The summed E-state index contributed by atoms with van der Waals surface area (Å²) in [5.74, 6) is -0.730. The maximum absolute atomic E-state index is 13.2. The number of carbonyl (C=O) groups excluding carboxylic acids is 1. The van der Waals surface area contributed by atoms with E-state index in [1.807, 2.05) is 0 Å². The lowest BCUT2D eigenvalue weighted by molar-refractivity contribution is 0.0946. The minimum Gasteiger partial charge on any atom is -0.356 e. The summed E-state index contributed by atoms with van der Waals surface area (Å²) in [6, 6.07) is 13.6. The molecule has 3 aromatic rings. The van der Waals surface area contributed by atoms with Gasteiger partial charge in [-0.1, -0.05) is 24.3 Å². The minimum atomic E-state index is -3.78. The molecule has 0 bridgehead atoms. The van der Waals surface area contributed by atoms with Crippen LogP contribution in [0.3, 0.4) is 0 Å². The van der Waals surface area contributed by atoms with Gasteiger partial charge in [-0.2, -0.15) is 0 Å². The molecule has 0 saturated heterocycles. The fourth-order valence-electron chi connectivity index (χ4n) is 2.51. The van der Waals surface area contributed by atoms with E-state index in [4.69, 9.17) is 0 Å². The number of aromatic nitrogens is 1. The number of sulfonamides is 1. The number of aromatic amines is 1. The van der Waals surface area contributed by atoms with Crippen LogP contribution in [0.4, 0.5) is 4.39 Å². The maximum Gasteiger partial charge on any atom is 0.267 e. The summed E-state index contributed by atoms with van der Waals surface area (Å²) in [6.07, 6.45) is 1.65. The molecule has 1 amide bonds. The molecule has 146 valence electrons. The Morgan fingerprint density at radius 1 is 1.04 bits per heavy atom. The van der Waals surface area contributed by atoms with Gasteiger partial charge >= 0.3 is 0 Å². The smallest absolute Gasteiger partial charge is 0.267 e. The molecule has 0 aliphatic carbocycles. The molecule has 1 heterocycles. The second kappa shape index (κ2) is 8.68. The van der Waals surface area contributed by atoms with Gasteiger partial charge in [0.1, 0.15) is 11.5 Å². The molecule has 3 rings (SSSR count). The average Bonchev–Trinajstić information content (AvgIpc) is 3.11. The number of amides is 1. The van der Waals surface area contributed by atoms with Crippen molar-refractivity contribution in [2.45, 2.75) is 18.0 Å². The van der Waals surface area contributed by atoms with E-state index in [0.29, 0.717) is 16.8 Å². The molecule has 0 radical (unpaired) electrons. The van der Waals surface area contributed by atoms with Crippen LogP contribution in [0.2, 0.25) is 0 Å². The van der Waals surface area contributed by atoms with Gasteiger partial charge < -0.3 is 10.3 Å². The lowest BCUT2D eigenvalue weighted by Crippen LogP contribution is -2.25. The van der Waals surface area contributed by atoms with Crippen molar-refractivity contribution in [2.24, 2.45) is 0 Å². The van der Waals surface area contributed by atoms with E-state index < -0.39 is 15.8 Å². The lowest BCUT2D eigenvalue weighted by atomic mass is 10.2. The van der Waals surface area contributed by atoms with Crippen molar-refractivity contribution < 1.29 is 17.6 Å². The van der Waals surface area contributed by atoms with Crippen molar-refractivity contribution in [1.82, 2.24) is 15.0 Å². The largest absolute Gasteiger partial charge is 0.356 e. The van der Waals surface area contributed by atoms with Crippen molar-refractivity contribution in [3.63, 3.8) is 0 Å². The summed E-state index contributed by atoms with van der Waals surface area (Å²) < 4.78 is 41.4. The number of halogens is 2. The zero-order valence-electron chi connectivity index (χ0n) is 14.6. The summed E-state index contributed by atoms with van der Waals surface area (Å²) in [5.41, 5.74) is 1.55. The Labute approximate surface area is 170 Å².